The molecule has 0 aliphatic heterocycles. The molecule has 0 bridgehead atoms. The molecule has 0 aliphatic carbocycles. The Morgan fingerprint density at radius 3 is 2.27 bits per heavy atom. The summed E-state index contributed by atoms with van der Waals surface area (Å²) in [7, 11) is -3.85. The van der Waals surface area contributed by atoms with E-state index in [2.05, 4.69) is 10.0 Å². The molecule has 0 saturated heterocycles. The van der Waals surface area contributed by atoms with Gasteiger partial charge in [-0.15, -0.1) is 0 Å². The van der Waals surface area contributed by atoms with Crippen LogP contribution in [0.2, 0.25) is 0 Å². The molecule has 3 aromatic carbocycles. The molecule has 0 spiro atoms. The van der Waals surface area contributed by atoms with Crippen LogP contribution in [0.25, 0.3) is 0 Å². The third-order valence-electron chi connectivity index (χ3n) is 4.63. The van der Waals surface area contributed by atoms with Gasteiger partial charge in [-0.3, -0.25) is 9.52 Å². The lowest BCUT2D eigenvalue weighted by atomic mass is 10.1. The summed E-state index contributed by atoms with van der Waals surface area (Å²) in [6.45, 7) is 2.92. The SMILES string of the molecule is Cc1ccc(NS(=O)(=O)c2ccc(OCC(=O)Nc3ccccc3C(F)(F)F)c(C)c2)cc1. The van der Waals surface area contributed by atoms with Gasteiger partial charge in [0.25, 0.3) is 15.9 Å². The zero-order valence-corrected chi connectivity index (χ0v) is 18.5. The number of hydrogen-bond donors (Lipinski definition) is 2. The van der Waals surface area contributed by atoms with Crippen molar-refractivity contribution in [2.75, 3.05) is 16.6 Å². The number of halogens is 3. The number of para-hydroxylation sites is 1. The molecule has 0 atom stereocenters. The molecule has 0 aliphatic rings. The van der Waals surface area contributed by atoms with E-state index < -0.39 is 34.3 Å². The molecule has 174 valence electrons. The molecule has 0 aromatic heterocycles. The smallest absolute Gasteiger partial charge is 0.418 e. The largest absolute Gasteiger partial charge is 0.483 e. The van der Waals surface area contributed by atoms with Crippen molar-refractivity contribution in [1.82, 2.24) is 0 Å². The van der Waals surface area contributed by atoms with Gasteiger partial charge in [-0.2, -0.15) is 13.2 Å². The maximum absolute atomic E-state index is 13.1. The number of nitrogens with one attached hydrogen (secondary N) is 2. The van der Waals surface area contributed by atoms with Gasteiger partial charge >= 0.3 is 6.18 Å². The van der Waals surface area contributed by atoms with Crippen LogP contribution in [0.15, 0.2) is 71.6 Å². The van der Waals surface area contributed by atoms with Crippen molar-refractivity contribution in [2.45, 2.75) is 24.9 Å². The van der Waals surface area contributed by atoms with E-state index in [0.29, 0.717) is 11.3 Å². The van der Waals surface area contributed by atoms with Crippen molar-refractivity contribution in [3.63, 3.8) is 0 Å². The summed E-state index contributed by atoms with van der Waals surface area (Å²) in [5.74, 6) is -0.563. The molecule has 0 radical (unpaired) electrons. The fourth-order valence-corrected chi connectivity index (χ4v) is 4.10. The number of aryl methyl sites for hydroxylation is 2. The first-order chi connectivity index (χ1) is 15.5. The Morgan fingerprint density at radius 2 is 1.64 bits per heavy atom. The second-order valence-electron chi connectivity index (χ2n) is 7.28. The van der Waals surface area contributed by atoms with E-state index in [0.717, 1.165) is 17.7 Å². The van der Waals surface area contributed by atoms with Crippen LogP contribution >= 0.6 is 0 Å². The summed E-state index contributed by atoms with van der Waals surface area (Å²) < 4.78 is 72.3. The van der Waals surface area contributed by atoms with E-state index in [4.69, 9.17) is 4.74 Å². The van der Waals surface area contributed by atoms with Gasteiger partial charge in [0, 0.05) is 5.69 Å². The minimum atomic E-state index is -4.62. The Bertz CT molecular complexity index is 1260. The number of carbonyl (C=O) groups excluding carboxylic acids is 1. The number of amides is 1. The first-order valence-corrected chi connectivity index (χ1v) is 11.2. The average Bonchev–Trinajstić information content (AvgIpc) is 2.74. The van der Waals surface area contributed by atoms with E-state index in [9.17, 15) is 26.4 Å². The Balaban J connectivity index is 1.66. The highest BCUT2D eigenvalue weighted by atomic mass is 32.2. The lowest BCUT2D eigenvalue weighted by Crippen LogP contribution is -2.22. The second kappa shape index (κ2) is 9.53. The highest BCUT2D eigenvalue weighted by molar-refractivity contribution is 7.92. The molecule has 6 nitrogen and oxygen atoms in total. The van der Waals surface area contributed by atoms with Crippen LogP contribution in [-0.4, -0.2) is 20.9 Å². The number of rotatable bonds is 7. The van der Waals surface area contributed by atoms with E-state index in [-0.39, 0.29) is 16.3 Å². The minimum absolute atomic E-state index is 0.00326. The fraction of sp³-hybridized carbons (Fsp3) is 0.174. The third-order valence-corrected chi connectivity index (χ3v) is 6.00. The van der Waals surface area contributed by atoms with Crippen molar-refractivity contribution >= 4 is 27.3 Å². The fourth-order valence-electron chi connectivity index (χ4n) is 2.96. The summed E-state index contributed by atoms with van der Waals surface area (Å²) in [5.41, 5.74) is 0.491. The third kappa shape index (κ3) is 6.26. The van der Waals surface area contributed by atoms with Gasteiger partial charge < -0.3 is 10.1 Å². The molecule has 2 N–H and O–H groups in total. The van der Waals surface area contributed by atoms with Crippen LogP contribution in [0.5, 0.6) is 5.75 Å². The minimum Gasteiger partial charge on any atom is -0.483 e. The summed E-state index contributed by atoms with van der Waals surface area (Å²) in [4.78, 5) is 12.1. The maximum atomic E-state index is 13.1. The summed E-state index contributed by atoms with van der Waals surface area (Å²) in [6, 6.07) is 15.5. The first kappa shape index (κ1) is 24.1. The van der Waals surface area contributed by atoms with Gasteiger partial charge in [-0.25, -0.2) is 8.42 Å². The zero-order chi connectivity index (χ0) is 24.2. The molecule has 33 heavy (non-hydrogen) atoms. The summed E-state index contributed by atoms with van der Waals surface area (Å²) in [6.07, 6.45) is -4.62. The predicted molar refractivity (Wildman–Crippen MR) is 119 cm³/mol. The van der Waals surface area contributed by atoms with Gasteiger partial charge in [0.05, 0.1) is 16.1 Å². The Kier molecular flexibility index (Phi) is 6.97. The molecular weight excluding hydrogens is 457 g/mol. The molecule has 0 saturated carbocycles. The van der Waals surface area contributed by atoms with Crippen LogP contribution < -0.4 is 14.8 Å². The summed E-state index contributed by atoms with van der Waals surface area (Å²) >= 11 is 0. The Hall–Kier alpha value is -3.53. The van der Waals surface area contributed by atoms with Crippen LogP contribution in [0.4, 0.5) is 24.5 Å². The molecule has 0 unspecified atom stereocenters. The predicted octanol–water partition coefficient (Wildman–Crippen LogP) is 5.14. The van der Waals surface area contributed by atoms with Crippen LogP contribution in [0, 0.1) is 13.8 Å². The monoisotopic (exact) mass is 478 g/mol. The van der Waals surface area contributed by atoms with Crippen molar-refractivity contribution in [3.8, 4) is 5.75 Å². The van der Waals surface area contributed by atoms with Crippen molar-refractivity contribution < 1.29 is 31.1 Å². The number of hydrogen-bond acceptors (Lipinski definition) is 4. The number of anilines is 2. The Labute approximate surface area is 189 Å². The molecule has 10 heteroatoms. The highest BCUT2D eigenvalue weighted by Gasteiger charge is 2.33. The molecule has 0 fully saturated rings. The van der Waals surface area contributed by atoms with Crippen LogP contribution in [-0.2, 0) is 21.0 Å². The van der Waals surface area contributed by atoms with Crippen molar-refractivity contribution in [2.24, 2.45) is 0 Å². The van der Waals surface area contributed by atoms with Crippen LogP contribution in [0.1, 0.15) is 16.7 Å². The molecule has 3 aromatic rings. The number of benzene rings is 3. The second-order valence-corrected chi connectivity index (χ2v) is 8.96. The first-order valence-electron chi connectivity index (χ1n) is 9.75. The average molecular weight is 478 g/mol. The van der Waals surface area contributed by atoms with E-state index in [1.54, 1.807) is 31.2 Å². The maximum Gasteiger partial charge on any atom is 0.418 e. The lowest BCUT2D eigenvalue weighted by Gasteiger charge is -2.15. The number of sulfonamides is 1. The molecule has 3 rings (SSSR count). The normalized spacial score (nSPS) is 11.7. The van der Waals surface area contributed by atoms with E-state index >= 15 is 0 Å². The molecular formula is C23H21F3N2O4S. The zero-order valence-electron chi connectivity index (χ0n) is 17.7. The van der Waals surface area contributed by atoms with Gasteiger partial charge in [0.2, 0.25) is 0 Å². The number of carbonyl (C=O) groups is 1. The van der Waals surface area contributed by atoms with Gasteiger partial charge in [-0.05, 0) is 61.9 Å². The van der Waals surface area contributed by atoms with Crippen molar-refractivity contribution in [1.29, 1.82) is 0 Å². The standard InChI is InChI=1S/C23H21F3N2O4S/c1-15-7-9-17(10-8-15)28-33(30,31)18-11-12-21(16(2)13-18)32-14-22(29)27-20-6-4-3-5-19(20)23(24,25)26/h3-13,28H,14H2,1-2H3,(H,27,29). The number of alkyl halides is 3. The lowest BCUT2D eigenvalue weighted by molar-refractivity contribution is -0.137. The summed E-state index contributed by atoms with van der Waals surface area (Å²) in [5, 5.41) is 2.18. The highest BCUT2D eigenvalue weighted by Crippen LogP contribution is 2.34. The topological polar surface area (TPSA) is 84.5 Å². The van der Waals surface area contributed by atoms with Gasteiger partial charge in [-0.1, -0.05) is 29.8 Å². The van der Waals surface area contributed by atoms with Gasteiger partial charge in [0.15, 0.2) is 6.61 Å². The van der Waals surface area contributed by atoms with E-state index in [1.165, 1.54) is 30.3 Å². The molecule has 0 heterocycles. The Morgan fingerprint density at radius 1 is 0.970 bits per heavy atom. The number of ether oxygens (including phenoxy) is 1. The van der Waals surface area contributed by atoms with Crippen LogP contribution in [0.3, 0.4) is 0 Å². The van der Waals surface area contributed by atoms with Gasteiger partial charge in [0.1, 0.15) is 5.75 Å². The van der Waals surface area contributed by atoms with E-state index in [1.807, 2.05) is 6.92 Å². The molecule has 1 amide bonds. The van der Waals surface area contributed by atoms with Crippen molar-refractivity contribution in [3.05, 3.63) is 83.4 Å². The quantitative estimate of drug-likeness (QED) is 0.493.